The summed E-state index contributed by atoms with van der Waals surface area (Å²) in [5.74, 6) is 1.42. The van der Waals surface area contributed by atoms with E-state index in [0.29, 0.717) is 11.6 Å². The SMILES string of the molecule is CC1CCN(C(=O)c2cnc(C[C@H]3CCCN(C)C3)cn2)CC1. The Labute approximate surface area is 139 Å². The van der Waals surface area contributed by atoms with Crippen molar-refractivity contribution in [1.29, 1.82) is 0 Å². The minimum Gasteiger partial charge on any atom is -0.337 e. The molecule has 23 heavy (non-hydrogen) atoms. The van der Waals surface area contributed by atoms with Crippen molar-refractivity contribution in [2.24, 2.45) is 11.8 Å². The summed E-state index contributed by atoms with van der Waals surface area (Å²) >= 11 is 0. The van der Waals surface area contributed by atoms with E-state index >= 15 is 0 Å². The van der Waals surface area contributed by atoms with Gasteiger partial charge in [-0.2, -0.15) is 0 Å². The summed E-state index contributed by atoms with van der Waals surface area (Å²) in [6.45, 7) is 6.27. The quantitative estimate of drug-likeness (QED) is 0.858. The Morgan fingerprint density at radius 2 is 1.96 bits per heavy atom. The number of aromatic nitrogens is 2. The minimum atomic E-state index is 0.0355. The molecule has 0 radical (unpaired) electrons. The lowest BCUT2D eigenvalue weighted by Gasteiger charge is -2.30. The van der Waals surface area contributed by atoms with Gasteiger partial charge in [0.05, 0.1) is 11.9 Å². The highest BCUT2D eigenvalue weighted by molar-refractivity contribution is 5.92. The lowest BCUT2D eigenvalue weighted by molar-refractivity contribution is 0.0690. The molecule has 1 aromatic heterocycles. The van der Waals surface area contributed by atoms with Crippen LogP contribution in [0.5, 0.6) is 0 Å². The van der Waals surface area contributed by atoms with Crippen LogP contribution in [0, 0.1) is 11.8 Å². The van der Waals surface area contributed by atoms with E-state index < -0.39 is 0 Å². The first-order chi connectivity index (χ1) is 11.1. The molecule has 2 fully saturated rings. The number of hydrogen-bond acceptors (Lipinski definition) is 4. The number of piperidine rings is 2. The Kier molecular flexibility index (Phi) is 5.26. The van der Waals surface area contributed by atoms with E-state index in [4.69, 9.17) is 0 Å². The third kappa shape index (κ3) is 4.28. The van der Waals surface area contributed by atoms with Crippen molar-refractivity contribution >= 4 is 5.91 Å². The van der Waals surface area contributed by atoms with Crippen LogP contribution in [0.4, 0.5) is 0 Å². The molecule has 2 aliphatic rings. The maximum atomic E-state index is 12.5. The molecule has 3 rings (SSSR count). The topological polar surface area (TPSA) is 49.3 Å². The van der Waals surface area contributed by atoms with Crippen molar-refractivity contribution in [2.75, 3.05) is 33.2 Å². The van der Waals surface area contributed by atoms with Crippen molar-refractivity contribution in [2.45, 2.75) is 39.0 Å². The zero-order valence-corrected chi connectivity index (χ0v) is 14.4. The average Bonchev–Trinajstić information content (AvgIpc) is 2.56. The van der Waals surface area contributed by atoms with Crippen LogP contribution in [0.2, 0.25) is 0 Å². The smallest absolute Gasteiger partial charge is 0.274 e. The predicted octanol–water partition coefficient (Wildman–Crippen LogP) is 2.23. The summed E-state index contributed by atoms with van der Waals surface area (Å²) in [6, 6.07) is 0. The molecule has 126 valence electrons. The van der Waals surface area contributed by atoms with E-state index in [1.165, 1.54) is 19.4 Å². The molecule has 3 heterocycles. The van der Waals surface area contributed by atoms with E-state index in [0.717, 1.165) is 50.5 Å². The molecule has 0 spiro atoms. The first-order valence-electron chi connectivity index (χ1n) is 8.90. The van der Waals surface area contributed by atoms with Gasteiger partial charge in [-0.05, 0) is 57.5 Å². The van der Waals surface area contributed by atoms with Crippen molar-refractivity contribution in [3.63, 3.8) is 0 Å². The lowest BCUT2D eigenvalue weighted by Crippen LogP contribution is -2.38. The van der Waals surface area contributed by atoms with Gasteiger partial charge in [-0.3, -0.25) is 9.78 Å². The van der Waals surface area contributed by atoms with E-state index in [1.807, 2.05) is 4.90 Å². The van der Waals surface area contributed by atoms with E-state index in [1.54, 1.807) is 12.4 Å². The number of rotatable bonds is 3. The number of amides is 1. The number of carbonyl (C=O) groups is 1. The Hall–Kier alpha value is -1.49. The molecule has 0 saturated carbocycles. The third-order valence-electron chi connectivity index (χ3n) is 5.22. The van der Waals surface area contributed by atoms with Gasteiger partial charge in [-0.1, -0.05) is 6.92 Å². The summed E-state index contributed by atoms with van der Waals surface area (Å²) in [4.78, 5) is 25.7. The number of likely N-dealkylation sites (tertiary alicyclic amines) is 2. The molecule has 0 unspecified atom stereocenters. The number of nitrogens with zero attached hydrogens (tertiary/aromatic N) is 4. The molecule has 0 aliphatic carbocycles. The predicted molar refractivity (Wildman–Crippen MR) is 90.3 cm³/mol. The maximum absolute atomic E-state index is 12.5. The molecule has 1 atom stereocenters. The average molecular weight is 316 g/mol. The monoisotopic (exact) mass is 316 g/mol. The highest BCUT2D eigenvalue weighted by Gasteiger charge is 2.23. The van der Waals surface area contributed by atoms with Gasteiger partial charge >= 0.3 is 0 Å². The second-order valence-corrected chi connectivity index (χ2v) is 7.34. The van der Waals surface area contributed by atoms with Crippen LogP contribution in [0.3, 0.4) is 0 Å². The number of hydrogen-bond donors (Lipinski definition) is 0. The second kappa shape index (κ2) is 7.39. The van der Waals surface area contributed by atoms with E-state index in [2.05, 4.69) is 28.8 Å². The largest absolute Gasteiger partial charge is 0.337 e. The van der Waals surface area contributed by atoms with E-state index in [-0.39, 0.29) is 5.91 Å². The Morgan fingerprint density at radius 3 is 2.61 bits per heavy atom. The fourth-order valence-corrected chi connectivity index (χ4v) is 3.68. The second-order valence-electron chi connectivity index (χ2n) is 7.34. The van der Waals surface area contributed by atoms with Gasteiger partial charge in [0.15, 0.2) is 0 Å². The summed E-state index contributed by atoms with van der Waals surface area (Å²) < 4.78 is 0. The van der Waals surface area contributed by atoms with Crippen molar-refractivity contribution < 1.29 is 4.79 Å². The zero-order chi connectivity index (χ0) is 16.2. The molecule has 1 aromatic rings. The highest BCUT2D eigenvalue weighted by atomic mass is 16.2. The van der Waals surface area contributed by atoms with Crippen LogP contribution in [0.15, 0.2) is 12.4 Å². The molecule has 2 saturated heterocycles. The first kappa shape index (κ1) is 16.4. The molecule has 5 heteroatoms. The lowest BCUT2D eigenvalue weighted by atomic mass is 9.94. The van der Waals surface area contributed by atoms with Crippen LogP contribution in [0.25, 0.3) is 0 Å². The van der Waals surface area contributed by atoms with Crippen molar-refractivity contribution in [3.05, 3.63) is 23.8 Å². The molecule has 1 amide bonds. The third-order valence-corrected chi connectivity index (χ3v) is 5.22. The van der Waals surface area contributed by atoms with Crippen LogP contribution < -0.4 is 0 Å². The summed E-state index contributed by atoms with van der Waals surface area (Å²) in [5, 5.41) is 0. The van der Waals surface area contributed by atoms with Gasteiger partial charge in [0, 0.05) is 25.8 Å². The molecule has 0 bridgehead atoms. The Balaban J connectivity index is 1.57. The van der Waals surface area contributed by atoms with Crippen molar-refractivity contribution in [3.8, 4) is 0 Å². The Bertz CT molecular complexity index is 522. The fourth-order valence-electron chi connectivity index (χ4n) is 3.68. The van der Waals surface area contributed by atoms with Gasteiger partial charge in [-0.15, -0.1) is 0 Å². The van der Waals surface area contributed by atoms with Gasteiger partial charge in [-0.25, -0.2) is 4.98 Å². The molecular formula is C18H28N4O. The molecule has 0 N–H and O–H groups in total. The normalized spacial score (nSPS) is 23.9. The summed E-state index contributed by atoms with van der Waals surface area (Å²) in [7, 11) is 2.18. The van der Waals surface area contributed by atoms with Gasteiger partial charge in [0.2, 0.25) is 0 Å². The fraction of sp³-hybridized carbons (Fsp3) is 0.722. The van der Waals surface area contributed by atoms with Gasteiger partial charge in [0.1, 0.15) is 5.69 Å². The zero-order valence-electron chi connectivity index (χ0n) is 14.4. The first-order valence-corrected chi connectivity index (χ1v) is 8.90. The van der Waals surface area contributed by atoms with Gasteiger partial charge < -0.3 is 9.80 Å². The van der Waals surface area contributed by atoms with Crippen LogP contribution in [0.1, 0.15) is 48.8 Å². The van der Waals surface area contributed by atoms with Crippen LogP contribution in [-0.4, -0.2) is 58.9 Å². The molecule has 5 nitrogen and oxygen atoms in total. The molecule has 2 aliphatic heterocycles. The molecule has 0 aromatic carbocycles. The van der Waals surface area contributed by atoms with E-state index in [9.17, 15) is 4.79 Å². The highest BCUT2D eigenvalue weighted by Crippen LogP contribution is 2.20. The van der Waals surface area contributed by atoms with Crippen molar-refractivity contribution in [1.82, 2.24) is 19.8 Å². The minimum absolute atomic E-state index is 0.0355. The standard InChI is InChI=1S/C18H28N4O/c1-14-5-8-22(9-6-14)18(23)17-12-19-16(11-20-17)10-15-4-3-7-21(2)13-15/h11-12,14-15H,3-10,13H2,1-2H3/t15-/m1/s1. The van der Waals surface area contributed by atoms with Crippen LogP contribution >= 0.6 is 0 Å². The summed E-state index contributed by atoms with van der Waals surface area (Å²) in [5.41, 5.74) is 1.50. The summed E-state index contributed by atoms with van der Waals surface area (Å²) in [6.07, 6.45) is 9.14. The van der Waals surface area contributed by atoms with Crippen LogP contribution in [-0.2, 0) is 6.42 Å². The Morgan fingerprint density at radius 1 is 1.17 bits per heavy atom. The molecular weight excluding hydrogens is 288 g/mol. The maximum Gasteiger partial charge on any atom is 0.274 e. The van der Waals surface area contributed by atoms with Gasteiger partial charge in [0.25, 0.3) is 5.91 Å². The number of carbonyl (C=O) groups excluding carboxylic acids is 1.